The van der Waals surface area contributed by atoms with Crippen LogP contribution in [-0.2, 0) is 17.6 Å². The predicted molar refractivity (Wildman–Crippen MR) is 122 cm³/mol. The van der Waals surface area contributed by atoms with Gasteiger partial charge in [0, 0.05) is 40.0 Å². The number of nitrogens with zero attached hydrogens (tertiary/aromatic N) is 3. The van der Waals surface area contributed by atoms with Crippen molar-refractivity contribution in [3.63, 3.8) is 0 Å². The molecule has 5 nitrogen and oxygen atoms in total. The summed E-state index contributed by atoms with van der Waals surface area (Å²) in [5.74, 6) is 0.573. The van der Waals surface area contributed by atoms with Gasteiger partial charge in [0.05, 0.1) is 0 Å². The molecule has 4 rings (SSSR count). The van der Waals surface area contributed by atoms with E-state index in [0.29, 0.717) is 53.1 Å². The van der Waals surface area contributed by atoms with Gasteiger partial charge in [0.2, 0.25) is 17.6 Å². The van der Waals surface area contributed by atoms with Crippen LogP contribution in [0.5, 0.6) is 0 Å². The van der Waals surface area contributed by atoms with Crippen molar-refractivity contribution in [2.45, 2.75) is 45.1 Å². The first-order valence-corrected chi connectivity index (χ1v) is 11.3. The van der Waals surface area contributed by atoms with E-state index in [4.69, 9.17) is 27.7 Å². The number of likely N-dealkylation sites (tertiary alicyclic amines) is 1. The van der Waals surface area contributed by atoms with Gasteiger partial charge in [-0.25, -0.2) is 4.39 Å². The smallest absolute Gasteiger partial charge is 0.227 e. The van der Waals surface area contributed by atoms with E-state index in [1.165, 1.54) is 12.1 Å². The fourth-order valence-corrected chi connectivity index (χ4v) is 4.68. The molecule has 1 amide bonds. The number of aromatic nitrogens is 2. The second-order valence-electron chi connectivity index (χ2n) is 8.71. The third kappa shape index (κ3) is 4.81. The third-order valence-corrected chi connectivity index (χ3v) is 6.79. The summed E-state index contributed by atoms with van der Waals surface area (Å²) in [6.45, 7) is 4.78. The van der Waals surface area contributed by atoms with E-state index in [1.54, 1.807) is 30.3 Å². The molecule has 0 saturated carbocycles. The van der Waals surface area contributed by atoms with Crippen LogP contribution in [0, 0.1) is 11.7 Å². The van der Waals surface area contributed by atoms with Crippen LogP contribution in [0.2, 0.25) is 10.0 Å². The van der Waals surface area contributed by atoms with Gasteiger partial charge in [-0.1, -0.05) is 34.4 Å². The van der Waals surface area contributed by atoms with Crippen LogP contribution < -0.4 is 0 Å². The topological polar surface area (TPSA) is 59.2 Å². The summed E-state index contributed by atoms with van der Waals surface area (Å²) in [5.41, 5.74) is 1.14. The van der Waals surface area contributed by atoms with Gasteiger partial charge in [0.15, 0.2) is 0 Å². The molecular formula is C24H24Cl2FN3O2. The van der Waals surface area contributed by atoms with Crippen LogP contribution in [0.25, 0.3) is 11.4 Å². The molecule has 1 aliphatic rings. The zero-order chi connectivity index (χ0) is 22.9. The van der Waals surface area contributed by atoms with Crippen LogP contribution >= 0.6 is 23.2 Å². The van der Waals surface area contributed by atoms with Crippen molar-refractivity contribution in [3.8, 4) is 11.4 Å². The third-order valence-electron chi connectivity index (χ3n) is 6.08. The van der Waals surface area contributed by atoms with Crippen molar-refractivity contribution in [2.24, 2.45) is 5.92 Å². The molecule has 8 heteroatoms. The monoisotopic (exact) mass is 475 g/mol. The minimum Gasteiger partial charge on any atom is -0.339 e. The van der Waals surface area contributed by atoms with Crippen LogP contribution in [0.1, 0.15) is 38.1 Å². The van der Waals surface area contributed by atoms with Gasteiger partial charge in [0.25, 0.3) is 0 Å². The van der Waals surface area contributed by atoms with E-state index in [0.717, 1.165) is 12.0 Å². The second kappa shape index (κ2) is 9.20. The molecule has 3 aromatic rings. The maximum atomic E-state index is 13.2. The largest absolute Gasteiger partial charge is 0.339 e. The molecule has 0 N–H and O–H groups in total. The summed E-state index contributed by atoms with van der Waals surface area (Å²) in [6, 6.07) is 11.4. The summed E-state index contributed by atoms with van der Waals surface area (Å²) in [4.78, 5) is 19.5. The van der Waals surface area contributed by atoms with E-state index in [-0.39, 0.29) is 23.2 Å². The molecule has 1 fully saturated rings. The number of hydrogen-bond donors (Lipinski definition) is 0. The van der Waals surface area contributed by atoms with Gasteiger partial charge < -0.3 is 9.42 Å². The van der Waals surface area contributed by atoms with E-state index in [2.05, 4.69) is 10.1 Å². The molecule has 0 spiro atoms. The number of halogens is 3. The molecule has 1 saturated heterocycles. The highest BCUT2D eigenvalue weighted by atomic mass is 35.5. The molecule has 32 heavy (non-hydrogen) atoms. The molecular weight excluding hydrogens is 452 g/mol. The Kier molecular flexibility index (Phi) is 6.54. The maximum absolute atomic E-state index is 13.2. The summed E-state index contributed by atoms with van der Waals surface area (Å²) in [6.07, 6.45) is 2.50. The number of benzene rings is 2. The quantitative estimate of drug-likeness (QED) is 0.421. The number of carbonyl (C=O) groups is 1. The minimum absolute atomic E-state index is 0.114. The number of aryl methyl sites for hydroxylation is 1. The Bertz CT molecular complexity index is 1090. The summed E-state index contributed by atoms with van der Waals surface area (Å²) < 4.78 is 18.5. The van der Waals surface area contributed by atoms with E-state index in [1.807, 2.05) is 18.7 Å². The number of amides is 1. The minimum atomic E-state index is -0.374. The summed E-state index contributed by atoms with van der Waals surface area (Å²) in [5, 5.41) is 5.18. The molecule has 168 valence electrons. The molecule has 0 radical (unpaired) electrons. The second-order valence-corrected chi connectivity index (χ2v) is 9.53. The Balaban J connectivity index is 1.39. The average molecular weight is 476 g/mol. The molecule has 2 heterocycles. The maximum Gasteiger partial charge on any atom is 0.227 e. The molecule has 1 atom stereocenters. The van der Waals surface area contributed by atoms with Crippen molar-refractivity contribution < 1.29 is 13.7 Å². The Labute approximate surface area is 196 Å². The lowest BCUT2D eigenvalue weighted by molar-refractivity contribution is -0.135. The van der Waals surface area contributed by atoms with Crippen LogP contribution in [0.4, 0.5) is 4.39 Å². The van der Waals surface area contributed by atoms with Crippen molar-refractivity contribution in [2.75, 3.05) is 6.54 Å². The molecule has 2 aromatic carbocycles. The van der Waals surface area contributed by atoms with Crippen molar-refractivity contribution in [3.05, 3.63) is 69.8 Å². The number of carbonyl (C=O) groups excluding carboxylic acids is 1. The first-order valence-electron chi connectivity index (χ1n) is 10.6. The average Bonchev–Trinajstić information content (AvgIpc) is 3.37. The fraction of sp³-hybridized carbons (Fsp3) is 0.375. The van der Waals surface area contributed by atoms with Gasteiger partial charge >= 0.3 is 0 Å². The van der Waals surface area contributed by atoms with E-state index >= 15 is 0 Å². The summed E-state index contributed by atoms with van der Waals surface area (Å²) >= 11 is 12.6. The molecule has 0 aliphatic carbocycles. The van der Waals surface area contributed by atoms with E-state index < -0.39 is 0 Å². The Hall–Kier alpha value is -2.44. The van der Waals surface area contributed by atoms with Gasteiger partial charge in [-0.2, -0.15) is 4.98 Å². The van der Waals surface area contributed by atoms with Crippen molar-refractivity contribution in [1.82, 2.24) is 15.0 Å². The highest BCUT2D eigenvalue weighted by Gasteiger charge is 2.40. The zero-order valence-electron chi connectivity index (χ0n) is 17.9. The zero-order valence-corrected chi connectivity index (χ0v) is 19.5. The number of hydrogen-bond acceptors (Lipinski definition) is 4. The first kappa shape index (κ1) is 22.7. The first-order chi connectivity index (χ1) is 15.2. The SMILES string of the molecule is CC(C)(CCc1nc(-c2ccc(F)cc2)no1)N1CCC(Cc2c(Cl)cccc2Cl)C1=O. The van der Waals surface area contributed by atoms with Gasteiger partial charge in [-0.3, -0.25) is 4.79 Å². The highest BCUT2D eigenvalue weighted by Crippen LogP contribution is 2.34. The molecule has 1 unspecified atom stereocenters. The Morgan fingerprint density at radius 1 is 1.16 bits per heavy atom. The molecule has 0 bridgehead atoms. The fourth-order valence-electron chi connectivity index (χ4n) is 4.12. The van der Waals surface area contributed by atoms with Gasteiger partial charge in [-0.05, 0) is 75.1 Å². The number of rotatable bonds is 7. The lowest BCUT2D eigenvalue weighted by Crippen LogP contribution is -2.46. The molecule has 1 aliphatic heterocycles. The van der Waals surface area contributed by atoms with Crippen molar-refractivity contribution >= 4 is 29.1 Å². The lowest BCUT2D eigenvalue weighted by atomic mass is 9.95. The summed E-state index contributed by atoms with van der Waals surface area (Å²) in [7, 11) is 0. The van der Waals surface area contributed by atoms with Gasteiger partial charge in [-0.15, -0.1) is 0 Å². The van der Waals surface area contributed by atoms with Gasteiger partial charge in [0.1, 0.15) is 5.82 Å². The molecule has 1 aromatic heterocycles. The lowest BCUT2D eigenvalue weighted by Gasteiger charge is -2.35. The predicted octanol–water partition coefficient (Wildman–Crippen LogP) is 5.98. The standard InChI is InChI=1S/C24H24Cl2FN3O2/c1-24(2,12-10-21-28-22(29-32-21)15-6-8-17(27)9-7-15)30-13-11-16(23(30)31)14-18-19(25)4-3-5-20(18)26/h3-9,16H,10-14H2,1-2H3. The van der Waals surface area contributed by atoms with E-state index in [9.17, 15) is 9.18 Å². The van der Waals surface area contributed by atoms with Crippen LogP contribution in [0.3, 0.4) is 0 Å². The highest BCUT2D eigenvalue weighted by molar-refractivity contribution is 6.36. The van der Waals surface area contributed by atoms with Crippen molar-refractivity contribution in [1.29, 1.82) is 0 Å². The van der Waals surface area contributed by atoms with Crippen LogP contribution in [-0.4, -0.2) is 33.0 Å². The van der Waals surface area contributed by atoms with Crippen LogP contribution in [0.15, 0.2) is 47.0 Å². The Morgan fingerprint density at radius 2 is 1.84 bits per heavy atom. The normalized spacial score (nSPS) is 16.7. The Morgan fingerprint density at radius 3 is 2.53 bits per heavy atom.